The summed E-state index contributed by atoms with van der Waals surface area (Å²) in [7, 11) is -1.50. The predicted molar refractivity (Wildman–Crippen MR) is 72.8 cm³/mol. The SMILES string of the molecule is O=C(Nc1ccc(B(O)O)cc1)c1ccccc1.[HH]. The molecule has 18 heavy (non-hydrogen) atoms. The third-order valence-electron chi connectivity index (χ3n) is 2.50. The van der Waals surface area contributed by atoms with Crippen molar-refractivity contribution in [2.24, 2.45) is 0 Å². The van der Waals surface area contributed by atoms with Crippen LogP contribution in [0.3, 0.4) is 0 Å². The minimum Gasteiger partial charge on any atom is -0.423 e. The number of carbonyl (C=O) groups excluding carboxylic acids is 1. The molecule has 3 N–H and O–H groups in total. The van der Waals surface area contributed by atoms with Crippen molar-refractivity contribution in [3.63, 3.8) is 0 Å². The molecule has 0 aromatic heterocycles. The molecular formula is C13H14BNO3. The summed E-state index contributed by atoms with van der Waals surface area (Å²) in [6.07, 6.45) is 0. The van der Waals surface area contributed by atoms with Gasteiger partial charge in [0.25, 0.3) is 5.91 Å². The summed E-state index contributed by atoms with van der Waals surface area (Å²) in [5.41, 5.74) is 1.56. The monoisotopic (exact) mass is 243 g/mol. The second-order valence-electron chi connectivity index (χ2n) is 3.82. The summed E-state index contributed by atoms with van der Waals surface area (Å²) in [5.74, 6) is -0.201. The maximum Gasteiger partial charge on any atom is 0.488 e. The van der Waals surface area contributed by atoms with E-state index in [4.69, 9.17) is 10.0 Å². The number of carbonyl (C=O) groups is 1. The number of hydrogen-bond donors (Lipinski definition) is 3. The number of amides is 1. The molecule has 0 bridgehead atoms. The Hall–Kier alpha value is -2.11. The summed E-state index contributed by atoms with van der Waals surface area (Å²) in [6, 6.07) is 15.2. The molecule has 0 aliphatic carbocycles. The average molecular weight is 243 g/mol. The molecule has 0 saturated carbocycles. The fraction of sp³-hybridized carbons (Fsp3) is 0. The summed E-state index contributed by atoms with van der Waals surface area (Å²) in [5, 5.41) is 20.6. The molecule has 0 unspecified atom stereocenters. The Bertz CT molecular complexity index is 531. The summed E-state index contributed by atoms with van der Waals surface area (Å²) >= 11 is 0. The third kappa shape index (κ3) is 2.97. The second kappa shape index (κ2) is 5.49. The molecule has 5 heteroatoms. The zero-order valence-electron chi connectivity index (χ0n) is 9.58. The van der Waals surface area contributed by atoms with Gasteiger partial charge in [-0.25, -0.2) is 0 Å². The molecule has 0 fully saturated rings. The lowest BCUT2D eigenvalue weighted by Gasteiger charge is -2.06. The molecule has 2 aromatic rings. The van der Waals surface area contributed by atoms with E-state index in [-0.39, 0.29) is 7.33 Å². The van der Waals surface area contributed by atoms with Gasteiger partial charge in [0, 0.05) is 12.7 Å². The van der Waals surface area contributed by atoms with E-state index in [1.54, 1.807) is 48.5 Å². The molecule has 0 heterocycles. The molecule has 0 radical (unpaired) electrons. The van der Waals surface area contributed by atoms with E-state index in [0.29, 0.717) is 16.7 Å². The van der Waals surface area contributed by atoms with E-state index in [1.807, 2.05) is 6.07 Å². The highest BCUT2D eigenvalue weighted by Crippen LogP contribution is 2.07. The molecule has 0 spiro atoms. The minimum atomic E-state index is -1.50. The first-order valence-corrected chi connectivity index (χ1v) is 5.49. The highest BCUT2D eigenvalue weighted by molar-refractivity contribution is 6.58. The standard InChI is InChI=1S/C13H12BNO3.H2/c16-13(10-4-2-1-3-5-10)15-12-8-6-11(7-9-12)14(17)18;/h1-9,17-18H,(H,15,16);1H. The van der Waals surface area contributed by atoms with E-state index in [2.05, 4.69) is 5.32 Å². The van der Waals surface area contributed by atoms with E-state index >= 15 is 0 Å². The highest BCUT2D eigenvalue weighted by Gasteiger charge is 2.10. The lowest BCUT2D eigenvalue weighted by Crippen LogP contribution is -2.29. The van der Waals surface area contributed by atoms with Gasteiger partial charge in [-0.3, -0.25) is 4.79 Å². The van der Waals surface area contributed by atoms with Crippen molar-refractivity contribution in [1.29, 1.82) is 0 Å². The van der Waals surface area contributed by atoms with Gasteiger partial charge in [-0.15, -0.1) is 0 Å². The quantitative estimate of drug-likeness (QED) is 0.700. The van der Waals surface area contributed by atoms with Crippen molar-refractivity contribution in [3.05, 3.63) is 60.2 Å². The first-order chi connectivity index (χ1) is 8.66. The van der Waals surface area contributed by atoms with Crippen LogP contribution in [0.5, 0.6) is 0 Å². The molecule has 1 amide bonds. The topological polar surface area (TPSA) is 69.6 Å². The molecule has 0 atom stereocenters. The Morgan fingerprint density at radius 3 is 2.17 bits per heavy atom. The van der Waals surface area contributed by atoms with Gasteiger partial charge >= 0.3 is 7.12 Å². The van der Waals surface area contributed by atoms with Crippen LogP contribution in [0, 0.1) is 0 Å². The molecule has 2 aromatic carbocycles. The average Bonchev–Trinajstić information content (AvgIpc) is 2.40. The Labute approximate surface area is 107 Å². The second-order valence-corrected chi connectivity index (χ2v) is 3.82. The van der Waals surface area contributed by atoms with Crippen molar-refractivity contribution in [2.45, 2.75) is 0 Å². The number of benzene rings is 2. The molecular weight excluding hydrogens is 229 g/mol. The molecule has 0 aliphatic heterocycles. The molecule has 0 saturated heterocycles. The number of rotatable bonds is 3. The highest BCUT2D eigenvalue weighted by atomic mass is 16.4. The van der Waals surface area contributed by atoms with Crippen molar-refractivity contribution in [2.75, 3.05) is 5.32 Å². The van der Waals surface area contributed by atoms with Gasteiger partial charge in [-0.2, -0.15) is 0 Å². The normalized spacial score (nSPS) is 9.89. The smallest absolute Gasteiger partial charge is 0.423 e. The lowest BCUT2D eigenvalue weighted by atomic mass is 9.80. The third-order valence-corrected chi connectivity index (χ3v) is 2.50. The minimum absolute atomic E-state index is 0. The van der Waals surface area contributed by atoms with Crippen molar-refractivity contribution in [1.82, 2.24) is 0 Å². The summed E-state index contributed by atoms with van der Waals surface area (Å²) in [4.78, 5) is 11.8. The van der Waals surface area contributed by atoms with Gasteiger partial charge in [-0.1, -0.05) is 30.3 Å². The van der Waals surface area contributed by atoms with E-state index < -0.39 is 7.12 Å². The zero-order chi connectivity index (χ0) is 13.0. The van der Waals surface area contributed by atoms with Crippen molar-refractivity contribution in [3.8, 4) is 0 Å². The lowest BCUT2D eigenvalue weighted by molar-refractivity contribution is 0.102. The Kier molecular flexibility index (Phi) is 3.77. The predicted octanol–water partition coefficient (Wildman–Crippen LogP) is 0.865. The van der Waals surface area contributed by atoms with E-state index in [9.17, 15) is 4.79 Å². The van der Waals surface area contributed by atoms with Crippen LogP contribution < -0.4 is 10.8 Å². The number of nitrogens with one attached hydrogen (secondary N) is 1. The van der Waals surface area contributed by atoms with Crippen LogP contribution in [0.1, 0.15) is 11.8 Å². The van der Waals surface area contributed by atoms with Gasteiger partial charge < -0.3 is 15.4 Å². The fourth-order valence-corrected chi connectivity index (χ4v) is 1.53. The van der Waals surface area contributed by atoms with Gasteiger partial charge in [0.05, 0.1) is 0 Å². The van der Waals surface area contributed by atoms with Crippen LogP contribution in [-0.4, -0.2) is 23.1 Å². The van der Waals surface area contributed by atoms with Crippen LogP contribution in [0.4, 0.5) is 5.69 Å². The van der Waals surface area contributed by atoms with Crippen LogP contribution in [-0.2, 0) is 0 Å². The molecule has 4 nitrogen and oxygen atoms in total. The number of hydrogen-bond acceptors (Lipinski definition) is 3. The number of anilines is 1. The largest absolute Gasteiger partial charge is 0.488 e. The Morgan fingerprint density at radius 2 is 1.61 bits per heavy atom. The van der Waals surface area contributed by atoms with Gasteiger partial charge in [0.2, 0.25) is 0 Å². The molecule has 92 valence electrons. The van der Waals surface area contributed by atoms with Gasteiger partial charge in [0.15, 0.2) is 0 Å². The maximum absolute atomic E-state index is 11.8. The van der Waals surface area contributed by atoms with E-state index in [0.717, 1.165) is 0 Å². The van der Waals surface area contributed by atoms with Crippen LogP contribution in [0.25, 0.3) is 0 Å². The van der Waals surface area contributed by atoms with Crippen molar-refractivity contribution < 1.29 is 16.3 Å². The first-order valence-electron chi connectivity index (χ1n) is 5.49. The van der Waals surface area contributed by atoms with Gasteiger partial charge in [0.1, 0.15) is 0 Å². The van der Waals surface area contributed by atoms with Crippen LogP contribution >= 0.6 is 0 Å². The summed E-state index contributed by atoms with van der Waals surface area (Å²) < 4.78 is 0. The summed E-state index contributed by atoms with van der Waals surface area (Å²) in [6.45, 7) is 0. The molecule has 0 aliphatic rings. The zero-order valence-corrected chi connectivity index (χ0v) is 9.58. The van der Waals surface area contributed by atoms with Crippen molar-refractivity contribution >= 4 is 24.2 Å². The Morgan fingerprint density at radius 1 is 1.00 bits per heavy atom. The van der Waals surface area contributed by atoms with Crippen LogP contribution in [0.2, 0.25) is 0 Å². The fourth-order valence-electron chi connectivity index (χ4n) is 1.53. The van der Waals surface area contributed by atoms with Crippen LogP contribution in [0.15, 0.2) is 54.6 Å². The van der Waals surface area contributed by atoms with E-state index in [1.165, 1.54) is 0 Å². The van der Waals surface area contributed by atoms with Gasteiger partial charge in [-0.05, 0) is 29.7 Å². The maximum atomic E-state index is 11.8. The Balaban J connectivity index is 0.00000180. The molecule has 2 rings (SSSR count). The first kappa shape index (κ1) is 12.4.